The van der Waals surface area contributed by atoms with Crippen molar-refractivity contribution in [2.45, 2.75) is 31.2 Å². The summed E-state index contributed by atoms with van der Waals surface area (Å²) in [5.74, 6) is -0.357. The lowest BCUT2D eigenvalue weighted by Crippen LogP contribution is -2.28. The van der Waals surface area contributed by atoms with Gasteiger partial charge >= 0.3 is 5.97 Å². The minimum Gasteiger partial charge on any atom is -0.492 e. The predicted molar refractivity (Wildman–Crippen MR) is 129 cm³/mol. The maximum atomic E-state index is 11.9. The van der Waals surface area contributed by atoms with Gasteiger partial charge in [-0.3, -0.25) is 10.2 Å². The monoisotopic (exact) mass is 479 g/mol. The molecule has 7 nitrogen and oxygen atoms in total. The minimum atomic E-state index is -0.913. The van der Waals surface area contributed by atoms with Gasteiger partial charge in [0.05, 0.1) is 5.92 Å². The van der Waals surface area contributed by atoms with Crippen LogP contribution in [0.4, 0.5) is 0 Å². The van der Waals surface area contributed by atoms with Gasteiger partial charge in [-0.2, -0.15) is 0 Å². The molecule has 2 heterocycles. The maximum Gasteiger partial charge on any atom is 0.311 e. The Balaban J connectivity index is 0.00000181. The van der Waals surface area contributed by atoms with E-state index in [4.69, 9.17) is 20.3 Å². The number of nitrogen functional groups attached to an aromatic ring is 1. The van der Waals surface area contributed by atoms with E-state index in [1.54, 1.807) is 30.3 Å². The summed E-state index contributed by atoms with van der Waals surface area (Å²) in [6.45, 7) is 1.65. The van der Waals surface area contributed by atoms with Crippen molar-refractivity contribution in [1.82, 2.24) is 5.32 Å². The van der Waals surface area contributed by atoms with Gasteiger partial charge in [0.2, 0.25) is 0 Å². The zero-order valence-corrected chi connectivity index (χ0v) is 19.0. The summed E-state index contributed by atoms with van der Waals surface area (Å²) in [6.07, 6.45) is 2.52. The Hall–Kier alpha value is -2.74. The lowest BCUT2D eigenvalue weighted by molar-refractivity contribution is -0.138. The number of hydrogen-bond acceptors (Lipinski definition) is 5. The second-order valence-corrected chi connectivity index (χ2v) is 7.65. The molecule has 2 aromatic carbocycles. The Morgan fingerprint density at radius 3 is 2.59 bits per heavy atom. The summed E-state index contributed by atoms with van der Waals surface area (Å²) in [4.78, 5) is 11.9. The van der Waals surface area contributed by atoms with Crippen LogP contribution in [0.3, 0.4) is 0 Å². The van der Waals surface area contributed by atoms with Crippen molar-refractivity contribution in [1.29, 1.82) is 5.41 Å². The molecule has 9 heteroatoms. The molecule has 4 rings (SSSR count). The Bertz CT molecular complexity index is 1060. The van der Waals surface area contributed by atoms with Crippen molar-refractivity contribution in [2.24, 2.45) is 5.73 Å². The van der Waals surface area contributed by atoms with Crippen molar-refractivity contribution in [2.75, 3.05) is 13.2 Å². The third-order valence-electron chi connectivity index (χ3n) is 5.48. The fourth-order valence-corrected chi connectivity index (χ4v) is 3.81. The molecule has 32 heavy (non-hydrogen) atoms. The van der Waals surface area contributed by atoms with Crippen LogP contribution in [0.5, 0.6) is 5.75 Å². The quantitative estimate of drug-likeness (QED) is 0.285. The van der Waals surface area contributed by atoms with E-state index < -0.39 is 11.9 Å². The van der Waals surface area contributed by atoms with Crippen LogP contribution in [0.25, 0.3) is 11.0 Å². The third-order valence-corrected chi connectivity index (χ3v) is 5.48. The number of ether oxygens (including phenoxy) is 1. The van der Waals surface area contributed by atoms with E-state index in [9.17, 15) is 9.90 Å². The largest absolute Gasteiger partial charge is 0.492 e. The zero-order valence-electron chi connectivity index (χ0n) is 17.4. The molecule has 0 spiro atoms. The third kappa shape index (κ3) is 5.94. The van der Waals surface area contributed by atoms with Gasteiger partial charge in [-0.15, -0.1) is 24.8 Å². The molecule has 1 saturated heterocycles. The highest BCUT2D eigenvalue weighted by molar-refractivity contribution is 5.98. The lowest BCUT2D eigenvalue weighted by Gasteiger charge is -2.14. The molecule has 1 aliphatic rings. The van der Waals surface area contributed by atoms with Gasteiger partial charge in [-0.25, -0.2) is 0 Å². The highest BCUT2D eigenvalue weighted by Crippen LogP contribution is 2.28. The van der Waals surface area contributed by atoms with Crippen LogP contribution in [0.2, 0.25) is 0 Å². The Labute approximate surface area is 198 Å². The first-order valence-electron chi connectivity index (χ1n) is 10.1. The van der Waals surface area contributed by atoms with Gasteiger partial charge in [0.25, 0.3) is 0 Å². The molecule has 0 bridgehead atoms. The van der Waals surface area contributed by atoms with E-state index >= 15 is 0 Å². The number of carbonyl (C=O) groups is 1. The van der Waals surface area contributed by atoms with E-state index in [1.165, 1.54) is 6.42 Å². The van der Waals surface area contributed by atoms with Crippen LogP contribution >= 0.6 is 24.8 Å². The van der Waals surface area contributed by atoms with Crippen molar-refractivity contribution in [3.8, 4) is 5.75 Å². The number of furan rings is 1. The number of carboxylic acids is 1. The van der Waals surface area contributed by atoms with E-state index in [1.807, 2.05) is 18.2 Å². The topological polar surface area (TPSA) is 122 Å². The molecule has 1 fully saturated rings. The van der Waals surface area contributed by atoms with Gasteiger partial charge in [-0.1, -0.05) is 12.1 Å². The van der Waals surface area contributed by atoms with Gasteiger partial charge in [0.15, 0.2) is 0 Å². The molecule has 1 aromatic heterocycles. The van der Waals surface area contributed by atoms with Crippen LogP contribution < -0.4 is 15.8 Å². The molecule has 5 N–H and O–H groups in total. The molecule has 1 aliphatic heterocycles. The number of benzene rings is 2. The van der Waals surface area contributed by atoms with Gasteiger partial charge < -0.3 is 25.3 Å². The smallest absolute Gasteiger partial charge is 0.311 e. The van der Waals surface area contributed by atoms with E-state index in [-0.39, 0.29) is 37.1 Å². The molecule has 2 atom stereocenters. The van der Waals surface area contributed by atoms with Gasteiger partial charge in [-0.05, 0) is 61.3 Å². The summed E-state index contributed by atoms with van der Waals surface area (Å²) in [6, 6.07) is 14.7. The maximum absolute atomic E-state index is 11.9. The van der Waals surface area contributed by atoms with Crippen LogP contribution in [0, 0.1) is 5.41 Å². The van der Waals surface area contributed by atoms with Gasteiger partial charge in [0.1, 0.15) is 29.5 Å². The highest BCUT2D eigenvalue weighted by atomic mass is 35.5. The summed E-state index contributed by atoms with van der Waals surface area (Å²) in [5.41, 5.74) is 7.48. The first-order chi connectivity index (χ1) is 14.5. The molecule has 0 aliphatic carbocycles. The van der Waals surface area contributed by atoms with Gasteiger partial charge in [0, 0.05) is 23.4 Å². The molecule has 0 saturated carbocycles. The van der Waals surface area contributed by atoms with Crippen LogP contribution in [0.15, 0.2) is 52.9 Å². The normalized spacial score (nSPS) is 16.1. The Morgan fingerprint density at radius 2 is 1.97 bits per heavy atom. The second kappa shape index (κ2) is 11.2. The summed E-state index contributed by atoms with van der Waals surface area (Å²) in [7, 11) is 0. The van der Waals surface area contributed by atoms with Crippen molar-refractivity contribution < 1.29 is 19.1 Å². The summed E-state index contributed by atoms with van der Waals surface area (Å²) in [5, 5.41) is 21.5. The molecular weight excluding hydrogens is 453 g/mol. The predicted octanol–water partition coefficient (Wildman–Crippen LogP) is 4.10. The standard InChI is InChI=1S/C23H25N3O4.2ClH/c24-22(25)15-5-8-21-16(10-15)11-19(30-21)12-20(23(27)28)14-3-6-18(7-4-14)29-13-17-2-1-9-26-17;;/h3-8,10-11,17,20,26H,1-2,9,12-13H2,(H3,24,25)(H,27,28);2*1H/t17-,20?;;/m1../s1. The average Bonchev–Trinajstić information content (AvgIpc) is 3.39. The molecule has 1 unspecified atom stereocenters. The highest BCUT2D eigenvalue weighted by Gasteiger charge is 2.23. The fourth-order valence-electron chi connectivity index (χ4n) is 3.81. The number of rotatable bonds is 8. The number of hydrogen-bond donors (Lipinski definition) is 4. The van der Waals surface area contributed by atoms with E-state index in [2.05, 4.69) is 5.32 Å². The van der Waals surface area contributed by atoms with Crippen molar-refractivity contribution in [3.63, 3.8) is 0 Å². The fraction of sp³-hybridized carbons (Fsp3) is 0.304. The molecule has 172 valence electrons. The van der Waals surface area contributed by atoms with Crippen LogP contribution in [-0.2, 0) is 11.2 Å². The average molecular weight is 480 g/mol. The Kier molecular flexibility index (Phi) is 8.95. The summed E-state index contributed by atoms with van der Waals surface area (Å²) < 4.78 is 11.6. The minimum absolute atomic E-state index is 0. The first-order valence-corrected chi connectivity index (χ1v) is 10.1. The number of fused-ring (bicyclic) bond motifs is 1. The molecule has 0 amide bonds. The van der Waals surface area contributed by atoms with E-state index in [0.717, 1.165) is 24.1 Å². The zero-order chi connectivity index (χ0) is 21.1. The van der Waals surface area contributed by atoms with Crippen LogP contribution in [-0.4, -0.2) is 36.1 Å². The molecular formula is C23H27Cl2N3O4. The number of nitrogens with two attached hydrogens (primary N) is 1. The van der Waals surface area contributed by atoms with E-state index in [0.29, 0.717) is 35.1 Å². The second-order valence-electron chi connectivity index (χ2n) is 7.65. The summed E-state index contributed by atoms with van der Waals surface area (Å²) >= 11 is 0. The number of aliphatic carboxylic acids is 1. The number of halogens is 2. The van der Waals surface area contributed by atoms with Crippen molar-refractivity contribution in [3.05, 3.63) is 65.4 Å². The SMILES string of the molecule is Cl.Cl.N=C(N)c1ccc2oc(CC(C(=O)O)c3ccc(OC[C@H]4CCCN4)cc3)cc2c1. The van der Waals surface area contributed by atoms with Crippen molar-refractivity contribution >= 4 is 47.6 Å². The number of amidine groups is 1. The Morgan fingerprint density at radius 1 is 1.22 bits per heavy atom. The first kappa shape index (κ1) is 25.5. The van der Waals surface area contributed by atoms with Crippen LogP contribution in [0.1, 0.15) is 35.6 Å². The molecule has 0 radical (unpaired) electrons. The lowest BCUT2D eigenvalue weighted by atomic mass is 9.94. The number of nitrogens with one attached hydrogen (secondary N) is 2. The molecule has 3 aromatic rings. The number of carboxylic acid groups (broad SMARTS) is 1.